The number of nitrogens with zero attached hydrogens (tertiary/aromatic N) is 2. The number of rotatable bonds is 6. The monoisotopic (exact) mass is 517 g/mol. The number of amidine groups is 2. The normalized spacial score (nSPS) is 14.8. The van der Waals surface area contributed by atoms with E-state index in [-0.39, 0.29) is 18.1 Å². The molecule has 0 unspecified atom stereocenters. The highest BCUT2D eigenvalue weighted by Gasteiger charge is 2.32. The third-order valence-electron chi connectivity index (χ3n) is 5.87. The van der Waals surface area contributed by atoms with E-state index in [1.807, 2.05) is 12.1 Å². The minimum absolute atomic E-state index is 0.0169. The van der Waals surface area contributed by atoms with Gasteiger partial charge >= 0.3 is 7.12 Å². The van der Waals surface area contributed by atoms with Crippen LogP contribution in [-0.4, -0.2) is 53.6 Å². The summed E-state index contributed by atoms with van der Waals surface area (Å²) in [7, 11) is -0.0485. The number of halogens is 1. The zero-order valence-electron chi connectivity index (χ0n) is 20.2. The van der Waals surface area contributed by atoms with E-state index < -0.39 is 19.1 Å². The molecule has 11 heteroatoms. The van der Waals surface area contributed by atoms with Gasteiger partial charge in [-0.3, -0.25) is 25.5 Å². The van der Waals surface area contributed by atoms with E-state index in [0.29, 0.717) is 38.9 Å². The molecule has 1 heterocycles. The fraction of sp³-hybridized carbons (Fsp3) is 0.154. The lowest BCUT2D eigenvalue weighted by Crippen LogP contribution is -2.41. The van der Waals surface area contributed by atoms with Gasteiger partial charge in [0.15, 0.2) is 0 Å². The molecule has 0 radical (unpaired) electrons. The Morgan fingerprint density at radius 3 is 2.41 bits per heavy atom. The van der Waals surface area contributed by atoms with E-state index in [1.54, 1.807) is 56.5 Å². The Balaban J connectivity index is 1.74. The van der Waals surface area contributed by atoms with Crippen molar-refractivity contribution in [1.82, 2.24) is 0 Å². The van der Waals surface area contributed by atoms with Crippen molar-refractivity contribution in [2.75, 3.05) is 17.3 Å². The van der Waals surface area contributed by atoms with Crippen molar-refractivity contribution < 1.29 is 19.6 Å². The Labute approximate surface area is 219 Å². The second kappa shape index (κ2) is 11.0. The number of aliphatic imine (C=N–C) groups is 1. The van der Waals surface area contributed by atoms with Crippen LogP contribution in [0.25, 0.3) is 0 Å². The smallest absolute Gasteiger partial charge is 0.488 e. The molecule has 3 aromatic carbocycles. The Morgan fingerprint density at radius 1 is 1.14 bits per heavy atom. The number of benzodiazepines with no additional fused rings is 1. The third-order valence-corrected chi connectivity index (χ3v) is 6.12. The maximum absolute atomic E-state index is 13.0. The molecule has 5 N–H and O–H groups in total. The Morgan fingerprint density at radius 2 is 1.81 bits per heavy atom. The summed E-state index contributed by atoms with van der Waals surface area (Å²) in [5.74, 6) is 0.281. The highest BCUT2D eigenvalue weighted by Crippen LogP contribution is 2.33. The van der Waals surface area contributed by atoms with E-state index in [4.69, 9.17) is 32.1 Å². The van der Waals surface area contributed by atoms with Crippen LogP contribution >= 0.6 is 11.6 Å². The number of fused-ring (bicyclic) bond motifs is 1. The highest BCUT2D eigenvalue weighted by atomic mass is 35.5. The first-order chi connectivity index (χ1) is 17.7. The molecule has 0 spiro atoms. The summed E-state index contributed by atoms with van der Waals surface area (Å²) in [6.45, 7) is 1.57. The summed E-state index contributed by atoms with van der Waals surface area (Å²) in [6, 6.07) is 17.6. The largest absolute Gasteiger partial charge is 0.497 e. The van der Waals surface area contributed by atoms with Gasteiger partial charge in [-0.15, -0.1) is 0 Å². The van der Waals surface area contributed by atoms with Crippen molar-refractivity contribution >= 4 is 58.8 Å². The standard InChI is InChI=1S/C26H25BClN5O4/c1-15(29)33-23-12-11-20(37-2)13-21(23)25(16-3-7-18(28)8-4-16)32-22(26(33)30)14-24(34)31-19-9-5-17(6-10-19)27(35)36/h3-13,22,29-30,35-36H,14H2,1-2H3,(H,31,34)/t22-/m0/s1. The first-order valence-corrected chi connectivity index (χ1v) is 11.8. The zero-order chi connectivity index (χ0) is 26.7. The minimum Gasteiger partial charge on any atom is -0.497 e. The van der Waals surface area contributed by atoms with E-state index in [0.717, 1.165) is 5.56 Å². The van der Waals surface area contributed by atoms with Gasteiger partial charge in [0.25, 0.3) is 0 Å². The number of anilines is 2. The van der Waals surface area contributed by atoms with Crippen LogP contribution < -0.4 is 20.4 Å². The molecule has 0 saturated heterocycles. The van der Waals surface area contributed by atoms with Gasteiger partial charge in [0.1, 0.15) is 23.5 Å². The Kier molecular flexibility index (Phi) is 7.73. The average molecular weight is 518 g/mol. The van der Waals surface area contributed by atoms with Crippen LogP contribution in [0.5, 0.6) is 5.75 Å². The number of amides is 1. The van der Waals surface area contributed by atoms with E-state index in [2.05, 4.69) is 5.32 Å². The second-order valence-electron chi connectivity index (χ2n) is 8.44. The molecule has 0 aliphatic carbocycles. The van der Waals surface area contributed by atoms with Gasteiger partial charge in [-0.25, -0.2) is 0 Å². The summed E-state index contributed by atoms with van der Waals surface area (Å²) in [5.41, 5.74) is 3.26. The van der Waals surface area contributed by atoms with Gasteiger partial charge in [-0.1, -0.05) is 35.9 Å². The Hall–Kier alpha value is -3.99. The number of methoxy groups -OCH3 is 1. The van der Waals surface area contributed by atoms with Crippen molar-refractivity contribution in [2.45, 2.75) is 19.4 Å². The van der Waals surface area contributed by atoms with E-state index in [9.17, 15) is 14.8 Å². The van der Waals surface area contributed by atoms with Gasteiger partial charge in [0.2, 0.25) is 5.91 Å². The number of hydrogen-bond acceptors (Lipinski definition) is 7. The Bertz CT molecular complexity index is 1380. The van der Waals surface area contributed by atoms with Crippen molar-refractivity contribution in [3.8, 4) is 5.75 Å². The molecule has 0 fully saturated rings. The van der Waals surface area contributed by atoms with Crippen LogP contribution in [0.3, 0.4) is 0 Å². The molecule has 188 valence electrons. The zero-order valence-corrected chi connectivity index (χ0v) is 21.0. The summed E-state index contributed by atoms with van der Waals surface area (Å²) < 4.78 is 5.43. The highest BCUT2D eigenvalue weighted by molar-refractivity contribution is 6.58. The lowest BCUT2D eigenvalue weighted by molar-refractivity contribution is -0.116. The molecular weight excluding hydrogens is 493 g/mol. The second-order valence-corrected chi connectivity index (χ2v) is 8.87. The summed E-state index contributed by atoms with van der Waals surface area (Å²) in [6.07, 6.45) is -0.158. The predicted octanol–water partition coefficient (Wildman–Crippen LogP) is 3.06. The quantitative estimate of drug-likeness (QED) is 0.194. The molecule has 0 saturated carbocycles. The van der Waals surface area contributed by atoms with Gasteiger partial charge in [0.05, 0.1) is 24.9 Å². The van der Waals surface area contributed by atoms with E-state index >= 15 is 0 Å². The van der Waals surface area contributed by atoms with Gasteiger partial charge in [-0.2, -0.15) is 0 Å². The molecule has 9 nitrogen and oxygen atoms in total. The number of hydrogen-bond donors (Lipinski definition) is 5. The molecule has 0 bridgehead atoms. The predicted molar refractivity (Wildman–Crippen MR) is 147 cm³/mol. The first kappa shape index (κ1) is 26.1. The lowest BCUT2D eigenvalue weighted by Gasteiger charge is -2.26. The minimum atomic E-state index is -1.60. The van der Waals surface area contributed by atoms with Crippen molar-refractivity contribution in [1.29, 1.82) is 10.8 Å². The van der Waals surface area contributed by atoms with Crippen LogP contribution in [0.1, 0.15) is 24.5 Å². The molecular formula is C26H25BClN5O4. The van der Waals surface area contributed by atoms with Crippen molar-refractivity contribution in [2.24, 2.45) is 4.99 Å². The molecule has 1 aliphatic rings. The first-order valence-electron chi connectivity index (χ1n) is 11.4. The summed E-state index contributed by atoms with van der Waals surface area (Å²) in [4.78, 5) is 19.3. The number of nitrogens with one attached hydrogen (secondary N) is 3. The van der Waals surface area contributed by atoms with Gasteiger partial charge < -0.3 is 20.1 Å². The van der Waals surface area contributed by atoms with Crippen molar-refractivity contribution in [3.63, 3.8) is 0 Å². The van der Waals surface area contributed by atoms with E-state index in [1.165, 1.54) is 17.0 Å². The van der Waals surface area contributed by atoms with Crippen LogP contribution in [0.2, 0.25) is 5.02 Å². The summed E-state index contributed by atoms with van der Waals surface area (Å²) in [5, 5.41) is 39.2. The van der Waals surface area contributed by atoms with Crippen LogP contribution in [-0.2, 0) is 4.79 Å². The number of benzene rings is 3. The number of carbonyl (C=O) groups is 1. The van der Waals surface area contributed by atoms with Crippen molar-refractivity contribution in [3.05, 3.63) is 82.9 Å². The van der Waals surface area contributed by atoms with Gasteiger partial charge in [0, 0.05) is 21.8 Å². The summed E-state index contributed by atoms with van der Waals surface area (Å²) >= 11 is 6.11. The van der Waals surface area contributed by atoms with Crippen LogP contribution in [0.4, 0.5) is 11.4 Å². The molecule has 3 aromatic rings. The number of carbonyl (C=O) groups excluding carboxylic acids is 1. The van der Waals surface area contributed by atoms with Gasteiger partial charge in [-0.05, 0) is 54.9 Å². The molecule has 4 rings (SSSR count). The van der Waals surface area contributed by atoms with Crippen LogP contribution in [0.15, 0.2) is 71.7 Å². The maximum atomic E-state index is 13.0. The molecule has 1 aliphatic heterocycles. The average Bonchev–Trinajstić information content (AvgIpc) is 2.98. The third kappa shape index (κ3) is 5.72. The lowest BCUT2D eigenvalue weighted by atomic mass is 9.80. The van der Waals surface area contributed by atoms with Crippen LogP contribution in [0, 0.1) is 10.8 Å². The molecule has 37 heavy (non-hydrogen) atoms. The SMILES string of the molecule is COc1ccc2c(c1)C(c1ccc(Cl)cc1)=N[C@@H](CC(=O)Nc1ccc(B(O)O)cc1)C(=N)N2C(C)=N. The molecule has 1 atom stereocenters. The number of ether oxygens (including phenoxy) is 1. The fourth-order valence-corrected chi connectivity index (χ4v) is 4.19. The maximum Gasteiger partial charge on any atom is 0.488 e. The fourth-order valence-electron chi connectivity index (χ4n) is 4.06. The topological polar surface area (TPSA) is 142 Å². The molecule has 1 amide bonds. The molecule has 0 aromatic heterocycles.